The third-order valence-electron chi connectivity index (χ3n) is 7.95. The topological polar surface area (TPSA) is 146 Å². The van der Waals surface area contributed by atoms with Gasteiger partial charge < -0.3 is 24.0 Å². The molecule has 0 spiro atoms. The molecule has 48 heavy (non-hydrogen) atoms. The van der Waals surface area contributed by atoms with Crippen LogP contribution in [0.4, 0.5) is 0 Å². The van der Waals surface area contributed by atoms with Gasteiger partial charge in [0.1, 0.15) is 26.0 Å². The molecule has 0 fully saturated rings. The number of hydrogen-bond acceptors (Lipinski definition) is 9. The third kappa shape index (κ3) is 32.9. The summed E-state index contributed by atoms with van der Waals surface area (Å²) in [5.74, 6) is -0.915. The summed E-state index contributed by atoms with van der Waals surface area (Å²) in [6.07, 6.45) is 22.3. The molecule has 0 aromatic rings. The molecule has 0 radical (unpaired) electrons. The summed E-state index contributed by atoms with van der Waals surface area (Å²) in [7, 11) is 1.38. The molecule has 0 amide bonds. The predicted molar refractivity (Wildman–Crippen MR) is 189 cm³/mol. The van der Waals surface area contributed by atoms with E-state index in [4.69, 9.17) is 18.5 Å². The highest BCUT2D eigenvalue weighted by molar-refractivity contribution is 7.47. The van der Waals surface area contributed by atoms with E-state index in [1.165, 1.54) is 76.4 Å². The second-order valence-electron chi connectivity index (χ2n) is 13.8. The second kappa shape index (κ2) is 30.2. The number of esters is 2. The summed E-state index contributed by atoms with van der Waals surface area (Å²) in [5, 5.41) is 9.72. The summed E-state index contributed by atoms with van der Waals surface area (Å²) >= 11 is 0. The molecule has 12 heteroatoms. The van der Waals surface area contributed by atoms with E-state index in [1.54, 1.807) is 0 Å². The summed E-state index contributed by atoms with van der Waals surface area (Å²) in [4.78, 5) is 45.4. The maximum absolute atomic E-state index is 12.5. The fraction of sp³-hybridized carbons (Fsp3) is 0.861. The summed E-state index contributed by atoms with van der Waals surface area (Å²) in [6.45, 7) is 2.01. The number of quaternary nitrogens is 1. The highest BCUT2D eigenvalue weighted by atomic mass is 31.2. The van der Waals surface area contributed by atoms with Crippen LogP contribution < -0.4 is 0 Å². The van der Waals surface area contributed by atoms with Gasteiger partial charge in [-0.15, -0.1) is 0 Å². The highest BCUT2D eigenvalue weighted by Crippen LogP contribution is 2.43. The van der Waals surface area contributed by atoms with Crippen molar-refractivity contribution < 1.29 is 52.0 Å². The van der Waals surface area contributed by atoms with Crippen LogP contribution in [0.25, 0.3) is 0 Å². The van der Waals surface area contributed by atoms with Crippen LogP contribution in [-0.2, 0) is 37.5 Å². The molecule has 0 saturated carbocycles. The molecule has 0 rings (SSSR count). The molecule has 0 bridgehead atoms. The van der Waals surface area contributed by atoms with Crippen molar-refractivity contribution in [2.45, 2.75) is 154 Å². The summed E-state index contributed by atoms with van der Waals surface area (Å²) in [5.41, 5.74) is 0. The summed E-state index contributed by atoms with van der Waals surface area (Å²) in [6, 6.07) is 0. The van der Waals surface area contributed by atoms with Gasteiger partial charge in [-0.05, 0) is 25.3 Å². The van der Waals surface area contributed by atoms with Gasteiger partial charge >= 0.3 is 19.8 Å². The highest BCUT2D eigenvalue weighted by Gasteiger charge is 2.27. The average Bonchev–Trinajstić information content (AvgIpc) is 3.02. The van der Waals surface area contributed by atoms with Gasteiger partial charge in [0, 0.05) is 12.8 Å². The normalized spacial score (nSPS) is 14.5. The van der Waals surface area contributed by atoms with Gasteiger partial charge in [0.2, 0.25) is 0 Å². The number of ether oxygens (including phenoxy) is 2. The minimum Gasteiger partial charge on any atom is -0.462 e. The lowest BCUT2D eigenvalue weighted by Gasteiger charge is -2.24. The monoisotopic (exact) mass is 706 g/mol. The zero-order valence-electron chi connectivity index (χ0n) is 30.6. The number of hydrogen-bond donors (Lipinski definition) is 2. The Morgan fingerprint density at radius 2 is 1.23 bits per heavy atom. The van der Waals surface area contributed by atoms with E-state index >= 15 is 0 Å². The lowest BCUT2D eigenvalue weighted by molar-refractivity contribution is -0.870. The van der Waals surface area contributed by atoms with Crippen molar-refractivity contribution in [3.8, 4) is 0 Å². The van der Waals surface area contributed by atoms with E-state index < -0.39 is 38.6 Å². The molecule has 0 aromatic carbocycles. The minimum atomic E-state index is -4.40. The number of carbonyl (C=O) groups excluding carboxylic acids is 3. The maximum Gasteiger partial charge on any atom is 0.472 e. The van der Waals surface area contributed by atoms with Gasteiger partial charge in [-0.1, -0.05) is 116 Å². The molecule has 11 nitrogen and oxygen atoms in total. The van der Waals surface area contributed by atoms with E-state index in [2.05, 4.69) is 6.92 Å². The number of carbonyl (C=O) groups is 3. The Morgan fingerprint density at radius 3 is 1.75 bits per heavy atom. The standard InChI is InChI=1S/C36H68NO10P/c1-5-6-7-8-9-10-11-12-13-14-15-18-21-26-35(40)44-31-34(32-46-48(42,43)45-30-28-37(2,3)4)47-36(41)27-22-19-16-17-20-24-33(39)25-23-29-38/h23,25,29,33-34,39H,5-22,24,26-28,30-32H2,1-4H3/p+1/b25-23+. The van der Waals surface area contributed by atoms with Crippen LogP contribution in [-0.4, -0.2) is 92.4 Å². The molecule has 2 N–H and O–H groups in total. The number of unbranched alkanes of at least 4 members (excludes halogenated alkanes) is 16. The molecule has 3 unspecified atom stereocenters. The van der Waals surface area contributed by atoms with Crippen LogP contribution in [0.3, 0.4) is 0 Å². The molecule has 3 atom stereocenters. The fourth-order valence-corrected chi connectivity index (χ4v) is 5.72. The molecule has 0 heterocycles. The SMILES string of the molecule is CCCCCCCCCCCCCCCC(=O)OCC(COP(=O)(O)OCC[N+](C)(C)C)OC(=O)CCCCCCCC(O)/C=C/C=O. The van der Waals surface area contributed by atoms with Gasteiger partial charge in [0.15, 0.2) is 6.10 Å². The second-order valence-corrected chi connectivity index (χ2v) is 15.2. The first-order valence-corrected chi connectivity index (χ1v) is 20.0. The first-order chi connectivity index (χ1) is 22.9. The molecule has 0 saturated heterocycles. The van der Waals surface area contributed by atoms with Gasteiger partial charge in [-0.2, -0.15) is 0 Å². The van der Waals surface area contributed by atoms with Crippen molar-refractivity contribution in [2.75, 3.05) is 47.5 Å². The fourth-order valence-electron chi connectivity index (χ4n) is 4.97. The Balaban J connectivity index is 4.46. The summed E-state index contributed by atoms with van der Waals surface area (Å²) < 4.78 is 33.9. The lowest BCUT2D eigenvalue weighted by atomic mass is 10.0. The van der Waals surface area contributed by atoms with Crippen LogP contribution in [0.2, 0.25) is 0 Å². The quantitative estimate of drug-likeness (QED) is 0.0171. The largest absolute Gasteiger partial charge is 0.472 e. The van der Waals surface area contributed by atoms with Crippen molar-refractivity contribution in [2.24, 2.45) is 0 Å². The van der Waals surface area contributed by atoms with E-state index in [0.717, 1.165) is 44.9 Å². The van der Waals surface area contributed by atoms with Crippen LogP contribution >= 0.6 is 7.82 Å². The van der Waals surface area contributed by atoms with Crippen LogP contribution in [0, 0.1) is 0 Å². The Kier molecular flexibility index (Phi) is 29.2. The van der Waals surface area contributed by atoms with Crippen molar-refractivity contribution in [3.05, 3.63) is 12.2 Å². The van der Waals surface area contributed by atoms with Crippen LogP contribution in [0.1, 0.15) is 142 Å². The molecule has 0 aliphatic rings. The number of rotatable bonds is 34. The number of phosphoric ester groups is 1. The molecular formula is C36H69NO10P+. The zero-order chi connectivity index (χ0) is 35.9. The van der Waals surface area contributed by atoms with Crippen molar-refractivity contribution >= 4 is 26.0 Å². The first-order valence-electron chi connectivity index (χ1n) is 18.5. The van der Waals surface area contributed by atoms with E-state index in [0.29, 0.717) is 30.2 Å². The zero-order valence-corrected chi connectivity index (χ0v) is 31.5. The van der Waals surface area contributed by atoms with Crippen LogP contribution in [0.15, 0.2) is 12.2 Å². The van der Waals surface area contributed by atoms with E-state index in [9.17, 15) is 28.9 Å². The lowest BCUT2D eigenvalue weighted by Crippen LogP contribution is -2.37. The number of nitrogens with zero attached hydrogens (tertiary/aromatic N) is 1. The minimum absolute atomic E-state index is 0.00421. The maximum atomic E-state index is 12.5. The van der Waals surface area contributed by atoms with E-state index in [1.807, 2.05) is 21.1 Å². The predicted octanol–water partition coefficient (Wildman–Crippen LogP) is 7.61. The number of likely N-dealkylation sites (N-methyl/N-ethyl adjacent to an activating group) is 1. The average molecular weight is 707 g/mol. The molecule has 0 aliphatic heterocycles. The van der Waals surface area contributed by atoms with Crippen molar-refractivity contribution in [1.29, 1.82) is 0 Å². The number of aliphatic hydroxyl groups is 1. The Bertz CT molecular complexity index is 892. The smallest absolute Gasteiger partial charge is 0.462 e. The molecule has 282 valence electrons. The molecule has 0 aliphatic carbocycles. The number of aldehydes is 1. The van der Waals surface area contributed by atoms with Gasteiger partial charge in [0.05, 0.1) is 33.9 Å². The van der Waals surface area contributed by atoms with Gasteiger partial charge in [-0.25, -0.2) is 4.57 Å². The Hall–Kier alpha value is -1.62. The first kappa shape index (κ1) is 46.4. The van der Waals surface area contributed by atoms with Gasteiger partial charge in [-0.3, -0.25) is 23.4 Å². The number of allylic oxidation sites excluding steroid dienone is 1. The third-order valence-corrected chi connectivity index (χ3v) is 8.93. The Labute approximate surface area is 291 Å². The Morgan fingerprint density at radius 1 is 0.729 bits per heavy atom. The van der Waals surface area contributed by atoms with E-state index in [-0.39, 0.29) is 26.1 Å². The molecular weight excluding hydrogens is 637 g/mol. The van der Waals surface area contributed by atoms with Crippen LogP contribution in [0.5, 0.6) is 0 Å². The van der Waals surface area contributed by atoms with Crippen molar-refractivity contribution in [3.63, 3.8) is 0 Å². The van der Waals surface area contributed by atoms with Crippen molar-refractivity contribution in [1.82, 2.24) is 0 Å². The molecule has 0 aromatic heterocycles. The number of aliphatic hydroxyl groups excluding tert-OH is 1. The number of phosphoric acid groups is 1. The van der Waals surface area contributed by atoms with Gasteiger partial charge in [0.25, 0.3) is 0 Å².